The second-order valence-electron chi connectivity index (χ2n) is 6.02. The van der Waals surface area contributed by atoms with Crippen LogP contribution >= 0.6 is 0 Å². The molecule has 0 amide bonds. The molecule has 2 rings (SSSR count). The molecule has 1 unspecified atom stereocenters. The van der Waals surface area contributed by atoms with Gasteiger partial charge in [0, 0.05) is 0 Å². The fourth-order valence-corrected chi connectivity index (χ4v) is 3.10. The Morgan fingerprint density at radius 1 is 1.22 bits per heavy atom. The smallest absolute Gasteiger partial charge is 0.0580 e. The van der Waals surface area contributed by atoms with Gasteiger partial charge in [-0.25, -0.2) is 0 Å². The van der Waals surface area contributed by atoms with Crippen molar-refractivity contribution in [2.75, 3.05) is 0 Å². The van der Waals surface area contributed by atoms with E-state index in [2.05, 4.69) is 32.0 Å². The van der Waals surface area contributed by atoms with E-state index in [9.17, 15) is 5.11 Å². The Kier molecular flexibility index (Phi) is 4.82. The zero-order valence-corrected chi connectivity index (χ0v) is 11.8. The summed E-state index contributed by atoms with van der Waals surface area (Å²) < 4.78 is 0. The van der Waals surface area contributed by atoms with E-state index in [-0.39, 0.29) is 6.10 Å². The Labute approximate surface area is 111 Å². The summed E-state index contributed by atoms with van der Waals surface area (Å²) in [6.07, 6.45) is 8.41. The minimum Gasteiger partial charge on any atom is -0.393 e. The molecule has 0 bridgehead atoms. The first kappa shape index (κ1) is 13.6. The summed E-state index contributed by atoms with van der Waals surface area (Å²) in [5.74, 6) is 0.887. The number of benzene rings is 1. The van der Waals surface area contributed by atoms with Gasteiger partial charge in [0.2, 0.25) is 0 Å². The molecule has 0 aromatic heterocycles. The Morgan fingerprint density at radius 2 is 1.94 bits per heavy atom. The predicted octanol–water partition coefficient (Wildman–Crippen LogP) is 4.18. The van der Waals surface area contributed by atoms with Crippen LogP contribution in [0.4, 0.5) is 0 Å². The van der Waals surface area contributed by atoms with Gasteiger partial charge in [-0.3, -0.25) is 0 Å². The maximum atomic E-state index is 10.2. The lowest BCUT2D eigenvalue weighted by Gasteiger charge is -2.15. The monoisotopic (exact) mass is 246 g/mol. The van der Waals surface area contributed by atoms with Crippen molar-refractivity contribution >= 4 is 0 Å². The Bertz CT molecular complexity index is 377. The van der Waals surface area contributed by atoms with Crippen molar-refractivity contribution in [3.05, 3.63) is 34.9 Å². The van der Waals surface area contributed by atoms with Gasteiger partial charge in [0.15, 0.2) is 0 Å². The zero-order valence-electron chi connectivity index (χ0n) is 11.8. The lowest BCUT2D eigenvalue weighted by molar-refractivity contribution is 0.154. The van der Waals surface area contributed by atoms with E-state index in [0.717, 1.165) is 18.8 Å². The molecule has 0 aliphatic heterocycles. The van der Waals surface area contributed by atoms with Gasteiger partial charge in [0.05, 0.1) is 6.10 Å². The SMILES string of the molecule is Cc1ccc(C)c(CC(O)CCC2CCCC2)c1. The maximum Gasteiger partial charge on any atom is 0.0580 e. The molecule has 1 saturated carbocycles. The summed E-state index contributed by atoms with van der Waals surface area (Å²) in [7, 11) is 0. The van der Waals surface area contributed by atoms with Crippen LogP contribution in [0.2, 0.25) is 0 Å². The van der Waals surface area contributed by atoms with Crippen molar-refractivity contribution in [2.24, 2.45) is 5.92 Å². The summed E-state index contributed by atoms with van der Waals surface area (Å²) in [4.78, 5) is 0. The molecule has 0 saturated heterocycles. The summed E-state index contributed by atoms with van der Waals surface area (Å²) in [5, 5.41) is 10.2. The molecule has 0 radical (unpaired) electrons. The maximum absolute atomic E-state index is 10.2. The molecule has 1 heteroatoms. The van der Waals surface area contributed by atoms with Crippen molar-refractivity contribution < 1.29 is 5.11 Å². The van der Waals surface area contributed by atoms with Gasteiger partial charge in [0.1, 0.15) is 0 Å². The first-order chi connectivity index (χ1) is 8.65. The average Bonchev–Trinajstić information content (AvgIpc) is 2.84. The van der Waals surface area contributed by atoms with E-state index in [4.69, 9.17) is 0 Å². The molecule has 1 aliphatic rings. The highest BCUT2D eigenvalue weighted by molar-refractivity contribution is 5.30. The van der Waals surface area contributed by atoms with E-state index in [1.165, 1.54) is 48.8 Å². The van der Waals surface area contributed by atoms with Crippen molar-refractivity contribution in [1.82, 2.24) is 0 Å². The summed E-state index contributed by atoms with van der Waals surface area (Å²) in [6.45, 7) is 4.26. The van der Waals surface area contributed by atoms with Crippen LogP contribution in [0.15, 0.2) is 18.2 Å². The van der Waals surface area contributed by atoms with E-state index in [1.807, 2.05) is 0 Å². The zero-order chi connectivity index (χ0) is 13.0. The van der Waals surface area contributed by atoms with Gasteiger partial charge >= 0.3 is 0 Å². The highest BCUT2D eigenvalue weighted by atomic mass is 16.3. The van der Waals surface area contributed by atoms with Gasteiger partial charge < -0.3 is 5.11 Å². The minimum atomic E-state index is -0.161. The first-order valence-electron chi connectivity index (χ1n) is 7.39. The topological polar surface area (TPSA) is 20.2 Å². The summed E-state index contributed by atoms with van der Waals surface area (Å²) in [6, 6.07) is 6.52. The van der Waals surface area contributed by atoms with Crippen LogP contribution in [0, 0.1) is 19.8 Å². The normalized spacial score (nSPS) is 18.2. The van der Waals surface area contributed by atoms with Gasteiger partial charge in [-0.15, -0.1) is 0 Å². The number of rotatable bonds is 5. The van der Waals surface area contributed by atoms with E-state index >= 15 is 0 Å². The molecule has 1 nitrogen and oxygen atoms in total. The molecular formula is C17H26O. The van der Waals surface area contributed by atoms with Gasteiger partial charge in [-0.05, 0) is 50.2 Å². The first-order valence-corrected chi connectivity index (χ1v) is 7.39. The van der Waals surface area contributed by atoms with Crippen LogP contribution in [-0.4, -0.2) is 11.2 Å². The number of hydrogen-bond donors (Lipinski definition) is 1. The number of hydrogen-bond acceptors (Lipinski definition) is 1. The van der Waals surface area contributed by atoms with Crippen molar-refractivity contribution in [2.45, 2.75) is 64.9 Å². The summed E-state index contributed by atoms with van der Waals surface area (Å²) in [5.41, 5.74) is 3.91. The fourth-order valence-electron chi connectivity index (χ4n) is 3.10. The number of aliphatic hydroxyl groups excluding tert-OH is 1. The molecule has 1 aromatic rings. The molecule has 0 spiro atoms. The Morgan fingerprint density at radius 3 is 2.67 bits per heavy atom. The molecule has 1 N–H and O–H groups in total. The predicted molar refractivity (Wildman–Crippen MR) is 76.8 cm³/mol. The molecule has 100 valence electrons. The van der Waals surface area contributed by atoms with Gasteiger partial charge in [-0.2, -0.15) is 0 Å². The lowest BCUT2D eigenvalue weighted by Crippen LogP contribution is -2.13. The third-order valence-corrected chi connectivity index (χ3v) is 4.34. The molecule has 1 fully saturated rings. The van der Waals surface area contributed by atoms with Crippen molar-refractivity contribution in [3.8, 4) is 0 Å². The summed E-state index contributed by atoms with van der Waals surface area (Å²) >= 11 is 0. The van der Waals surface area contributed by atoms with Crippen LogP contribution in [0.25, 0.3) is 0 Å². The average molecular weight is 246 g/mol. The standard InChI is InChI=1S/C17H26O/c1-13-7-8-14(2)16(11-13)12-17(18)10-9-15-5-3-4-6-15/h7-8,11,15,17-18H,3-6,9-10,12H2,1-2H3. The van der Waals surface area contributed by atoms with Gasteiger partial charge in [-0.1, -0.05) is 49.4 Å². The lowest BCUT2D eigenvalue weighted by atomic mass is 9.94. The van der Waals surface area contributed by atoms with E-state index in [0.29, 0.717) is 0 Å². The van der Waals surface area contributed by atoms with Crippen LogP contribution in [0.1, 0.15) is 55.2 Å². The van der Waals surface area contributed by atoms with Crippen LogP contribution in [0.3, 0.4) is 0 Å². The van der Waals surface area contributed by atoms with Crippen LogP contribution in [0.5, 0.6) is 0 Å². The highest BCUT2D eigenvalue weighted by Gasteiger charge is 2.16. The van der Waals surface area contributed by atoms with E-state index < -0.39 is 0 Å². The molecular weight excluding hydrogens is 220 g/mol. The quantitative estimate of drug-likeness (QED) is 0.826. The van der Waals surface area contributed by atoms with Crippen LogP contribution in [-0.2, 0) is 6.42 Å². The van der Waals surface area contributed by atoms with Crippen LogP contribution < -0.4 is 0 Å². The Balaban J connectivity index is 1.82. The minimum absolute atomic E-state index is 0.161. The number of aliphatic hydroxyl groups is 1. The second kappa shape index (κ2) is 6.38. The molecule has 1 atom stereocenters. The number of aryl methyl sites for hydroxylation is 2. The van der Waals surface area contributed by atoms with E-state index in [1.54, 1.807) is 0 Å². The third kappa shape index (κ3) is 3.84. The molecule has 1 aromatic carbocycles. The fraction of sp³-hybridized carbons (Fsp3) is 0.647. The molecule has 18 heavy (non-hydrogen) atoms. The molecule has 0 heterocycles. The second-order valence-corrected chi connectivity index (χ2v) is 6.02. The highest BCUT2D eigenvalue weighted by Crippen LogP contribution is 2.29. The van der Waals surface area contributed by atoms with Crippen molar-refractivity contribution in [3.63, 3.8) is 0 Å². The largest absolute Gasteiger partial charge is 0.393 e. The third-order valence-electron chi connectivity index (χ3n) is 4.34. The van der Waals surface area contributed by atoms with Crippen molar-refractivity contribution in [1.29, 1.82) is 0 Å². The van der Waals surface area contributed by atoms with Gasteiger partial charge in [0.25, 0.3) is 0 Å². The Hall–Kier alpha value is -0.820. The molecule has 1 aliphatic carbocycles.